The lowest BCUT2D eigenvalue weighted by Crippen LogP contribution is -2.39. The van der Waals surface area contributed by atoms with Crippen LogP contribution in [0.5, 0.6) is 0 Å². The van der Waals surface area contributed by atoms with Crippen molar-refractivity contribution in [2.24, 2.45) is 0 Å². The van der Waals surface area contributed by atoms with Gasteiger partial charge in [-0.15, -0.1) is 11.3 Å². The maximum Gasteiger partial charge on any atom is 0.252 e. The van der Waals surface area contributed by atoms with Crippen molar-refractivity contribution in [1.82, 2.24) is 9.21 Å². The van der Waals surface area contributed by atoms with Gasteiger partial charge in [0.15, 0.2) is 0 Å². The van der Waals surface area contributed by atoms with Crippen molar-refractivity contribution < 1.29 is 13.2 Å². The number of rotatable bonds is 3. The van der Waals surface area contributed by atoms with E-state index >= 15 is 0 Å². The van der Waals surface area contributed by atoms with Gasteiger partial charge in [0, 0.05) is 32.3 Å². The molecule has 1 atom stereocenters. The minimum absolute atomic E-state index is 0.423. The summed E-state index contributed by atoms with van der Waals surface area (Å²) in [5.41, 5.74) is 0. The van der Waals surface area contributed by atoms with Gasteiger partial charge in [-0.1, -0.05) is 0 Å². The fraction of sp³-hybridized carbons (Fsp3) is 0.692. The molecule has 0 saturated carbocycles. The van der Waals surface area contributed by atoms with E-state index in [0.717, 1.165) is 42.9 Å². The van der Waals surface area contributed by atoms with Crippen LogP contribution in [0.15, 0.2) is 20.1 Å². The summed E-state index contributed by atoms with van der Waals surface area (Å²) in [5, 5.41) is 0. The van der Waals surface area contributed by atoms with Crippen molar-refractivity contribution in [1.29, 1.82) is 0 Å². The van der Waals surface area contributed by atoms with Crippen LogP contribution in [-0.2, 0) is 14.8 Å². The summed E-state index contributed by atoms with van der Waals surface area (Å²) in [6.07, 6.45) is 1.94. The molecule has 2 aliphatic rings. The van der Waals surface area contributed by atoms with E-state index in [1.807, 2.05) is 0 Å². The molecule has 2 saturated heterocycles. The van der Waals surface area contributed by atoms with Crippen molar-refractivity contribution in [3.05, 3.63) is 15.9 Å². The average Bonchev–Trinajstić information content (AvgIpc) is 3.06. The Balaban J connectivity index is 1.69. The van der Waals surface area contributed by atoms with Crippen LogP contribution in [0.1, 0.15) is 12.8 Å². The van der Waals surface area contributed by atoms with Gasteiger partial charge in [-0.2, -0.15) is 4.31 Å². The predicted molar refractivity (Wildman–Crippen MR) is 86.2 cm³/mol. The molecule has 118 valence electrons. The zero-order valence-corrected chi connectivity index (χ0v) is 14.9. The second-order valence-corrected chi connectivity index (χ2v) is 10.00. The van der Waals surface area contributed by atoms with E-state index in [2.05, 4.69) is 20.8 Å². The molecule has 0 aromatic carbocycles. The van der Waals surface area contributed by atoms with Crippen molar-refractivity contribution in [3.63, 3.8) is 0 Å². The molecule has 1 aromatic heterocycles. The van der Waals surface area contributed by atoms with Crippen molar-refractivity contribution in [2.45, 2.75) is 23.1 Å². The number of ether oxygens (including phenoxy) is 1. The second-order valence-electron chi connectivity index (χ2n) is 5.37. The molecule has 2 aliphatic heterocycles. The van der Waals surface area contributed by atoms with Crippen LogP contribution in [0.4, 0.5) is 0 Å². The summed E-state index contributed by atoms with van der Waals surface area (Å²) in [6, 6.07) is 3.93. The van der Waals surface area contributed by atoms with Crippen molar-refractivity contribution >= 4 is 37.3 Å². The molecule has 1 unspecified atom stereocenters. The van der Waals surface area contributed by atoms with Gasteiger partial charge in [-0.25, -0.2) is 8.42 Å². The monoisotopic (exact) mass is 394 g/mol. The third-order valence-corrected chi connectivity index (χ3v) is 8.04. The lowest BCUT2D eigenvalue weighted by atomic mass is 10.2. The zero-order chi connectivity index (χ0) is 14.9. The molecular weight excluding hydrogens is 376 g/mol. The van der Waals surface area contributed by atoms with Crippen LogP contribution in [0.3, 0.4) is 0 Å². The van der Waals surface area contributed by atoms with E-state index in [9.17, 15) is 8.42 Å². The van der Waals surface area contributed by atoms with E-state index in [1.54, 1.807) is 16.4 Å². The number of hydrogen-bond donors (Lipinski definition) is 0. The summed E-state index contributed by atoms with van der Waals surface area (Å²) in [4.78, 5) is 2.38. The molecule has 21 heavy (non-hydrogen) atoms. The first-order valence-electron chi connectivity index (χ1n) is 7.14. The Kier molecular flexibility index (Phi) is 5.02. The Bertz CT molecular complexity index is 584. The summed E-state index contributed by atoms with van der Waals surface area (Å²) in [5.74, 6) is 0. The minimum Gasteiger partial charge on any atom is -0.380 e. The maximum atomic E-state index is 12.7. The number of nitrogens with zero attached hydrogens (tertiary/aromatic N) is 2. The fourth-order valence-corrected chi connectivity index (χ4v) is 6.53. The maximum absolute atomic E-state index is 12.7. The van der Waals surface area contributed by atoms with Crippen LogP contribution in [0.2, 0.25) is 0 Å². The normalized spacial score (nSPS) is 26.0. The number of halogens is 1. The Hall–Kier alpha value is 0.01000. The average molecular weight is 395 g/mol. The molecule has 0 amide bonds. The van der Waals surface area contributed by atoms with Gasteiger partial charge >= 0.3 is 0 Å². The van der Waals surface area contributed by atoms with E-state index in [0.29, 0.717) is 23.3 Å². The first-order valence-corrected chi connectivity index (χ1v) is 10.2. The van der Waals surface area contributed by atoms with Crippen molar-refractivity contribution in [3.8, 4) is 0 Å². The van der Waals surface area contributed by atoms with Gasteiger partial charge in [0.05, 0.1) is 10.4 Å². The van der Waals surface area contributed by atoms with Crippen LogP contribution in [0, 0.1) is 0 Å². The SMILES string of the molecule is O=S(=O)(c1ccc(Br)s1)N1CCCN(C2CCOC2)CC1. The lowest BCUT2D eigenvalue weighted by molar-refractivity contribution is 0.147. The van der Waals surface area contributed by atoms with Crippen LogP contribution >= 0.6 is 27.3 Å². The summed E-state index contributed by atoms with van der Waals surface area (Å²) in [7, 11) is -3.35. The molecule has 3 heterocycles. The van der Waals surface area contributed by atoms with Gasteiger partial charge in [0.2, 0.25) is 0 Å². The highest BCUT2D eigenvalue weighted by molar-refractivity contribution is 9.11. The molecule has 5 nitrogen and oxygen atoms in total. The third kappa shape index (κ3) is 3.51. The molecule has 0 bridgehead atoms. The molecule has 3 rings (SSSR count). The summed E-state index contributed by atoms with van der Waals surface area (Å²) in [6.45, 7) is 4.52. The van der Waals surface area contributed by atoms with Gasteiger partial charge in [0.1, 0.15) is 4.21 Å². The van der Waals surface area contributed by atoms with E-state index in [4.69, 9.17) is 4.74 Å². The quantitative estimate of drug-likeness (QED) is 0.786. The van der Waals surface area contributed by atoms with Crippen LogP contribution in [-0.4, -0.2) is 63.1 Å². The highest BCUT2D eigenvalue weighted by atomic mass is 79.9. The molecular formula is C13H19BrN2O3S2. The summed E-state index contributed by atoms with van der Waals surface area (Å²) >= 11 is 4.61. The highest BCUT2D eigenvalue weighted by Gasteiger charge is 2.31. The summed E-state index contributed by atoms with van der Waals surface area (Å²) < 4.78 is 33.6. The Morgan fingerprint density at radius 1 is 1.24 bits per heavy atom. The molecule has 1 aromatic rings. The number of thiophene rings is 1. The largest absolute Gasteiger partial charge is 0.380 e. The minimum atomic E-state index is -3.35. The standard InChI is InChI=1S/C13H19BrN2O3S2/c14-12-2-3-13(20-12)21(17,18)16-6-1-5-15(7-8-16)11-4-9-19-10-11/h2-3,11H,1,4-10H2. The zero-order valence-electron chi connectivity index (χ0n) is 11.7. The predicted octanol–water partition coefficient (Wildman–Crippen LogP) is 2.00. The Morgan fingerprint density at radius 3 is 2.76 bits per heavy atom. The number of sulfonamides is 1. The molecule has 0 N–H and O–H groups in total. The molecule has 0 spiro atoms. The first kappa shape index (κ1) is 15.9. The smallest absolute Gasteiger partial charge is 0.252 e. The molecule has 0 aliphatic carbocycles. The fourth-order valence-electron chi connectivity index (χ4n) is 2.89. The van der Waals surface area contributed by atoms with Gasteiger partial charge in [-0.3, -0.25) is 4.90 Å². The van der Waals surface area contributed by atoms with E-state index < -0.39 is 10.0 Å². The molecule has 2 fully saturated rings. The van der Waals surface area contributed by atoms with Crippen LogP contribution < -0.4 is 0 Å². The number of hydrogen-bond acceptors (Lipinski definition) is 5. The van der Waals surface area contributed by atoms with Crippen LogP contribution in [0.25, 0.3) is 0 Å². The van der Waals surface area contributed by atoms with E-state index in [-0.39, 0.29) is 0 Å². The lowest BCUT2D eigenvalue weighted by Gasteiger charge is -2.26. The first-order chi connectivity index (χ1) is 10.1. The van der Waals surface area contributed by atoms with Gasteiger partial charge in [-0.05, 0) is 47.4 Å². The molecule has 8 heteroatoms. The van der Waals surface area contributed by atoms with Gasteiger partial charge < -0.3 is 4.74 Å². The van der Waals surface area contributed by atoms with Crippen molar-refractivity contribution in [2.75, 3.05) is 39.4 Å². The van der Waals surface area contributed by atoms with Gasteiger partial charge in [0.25, 0.3) is 10.0 Å². The topological polar surface area (TPSA) is 49.9 Å². The highest BCUT2D eigenvalue weighted by Crippen LogP contribution is 2.29. The molecule has 0 radical (unpaired) electrons. The Morgan fingerprint density at radius 2 is 2.10 bits per heavy atom. The Labute approximate surface area is 138 Å². The van der Waals surface area contributed by atoms with E-state index in [1.165, 1.54) is 11.3 Å². The third-order valence-electron chi connectivity index (χ3n) is 4.05. The second kappa shape index (κ2) is 6.64.